The predicted octanol–water partition coefficient (Wildman–Crippen LogP) is 3.32. The average Bonchev–Trinajstić information content (AvgIpc) is 2.01. The molecule has 86 valence electrons. The molecule has 0 saturated heterocycles. The largest absolute Gasteiger partial charge is 0.366 e. The van der Waals surface area contributed by atoms with Gasteiger partial charge in [0.15, 0.2) is 5.79 Å². The second-order valence-electron chi connectivity index (χ2n) is 4.43. The molecule has 3 heteroatoms. The topological polar surface area (TPSA) is 29.5 Å². The van der Waals surface area contributed by atoms with Gasteiger partial charge in [-0.15, -0.1) is 0 Å². The van der Waals surface area contributed by atoms with E-state index in [0.717, 1.165) is 11.8 Å². The lowest BCUT2D eigenvalue weighted by molar-refractivity contribution is -0.211. The fourth-order valence-electron chi connectivity index (χ4n) is 1.37. The molecule has 2 unspecified atom stereocenters. The van der Waals surface area contributed by atoms with Crippen molar-refractivity contribution in [1.82, 2.24) is 0 Å². The molecule has 0 bridgehead atoms. The highest BCUT2D eigenvalue weighted by Crippen LogP contribution is 2.19. The Morgan fingerprint density at radius 3 is 2.29 bits per heavy atom. The first-order valence-corrected chi connectivity index (χ1v) is 6.45. The standard InChI is InChI=1S/C11H23BrO2/c1-9(7-5-6-8-12)10(2)14-11(3,4)13/h9-10,13H,5-8H2,1-4H3. The zero-order valence-electron chi connectivity index (χ0n) is 9.72. The molecule has 0 spiro atoms. The molecular formula is C11H23BrO2. The van der Waals surface area contributed by atoms with Gasteiger partial charge in [0.05, 0.1) is 6.10 Å². The van der Waals surface area contributed by atoms with Crippen molar-refractivity contribution in [2.45, 2.75) is 58.8 Å². The number of alkyl halides is 1. The number of unbranched alkanes of at least 4 members (excludes halogenated alkanes) is 1. The number of ether oxygens (including phenoxy) is 1. The molecule has 14 heavy (non-hydrogen) atoms. The number of hydrogen-bond acceptors (Lipinski definition) is 2. The summed E-state index contributed by atoms with van der Waals surface area (Å²) in [5, 5.41) is 10.5. The Bertz CT molecular complexity index is 143. The van der Waals surface area contributed by atoms with Crippen molar-refractivity contribution in [1.29, 1.82) is 0 Å². The van der Waals surface area contributed by atoms with Gasteiger partial charge in [-0.3, -0.25) is 0 Å². The molecule has 0 aliphatic carbocycles. The molecule has 2 atom stereocenters. The van der Waals surface area contributed by atoms with Crippen LogP contribution in [-0.4, -0.2) is 22.3 Å². The summed E-state index contributed by atoms with van der Waals surface area (Å²) in [5.41, 5.74) is 0. The van der Waals surface area contributed by atoms with Gasteiger partial charge in [0.25, 0.3) is 0 Å². The Kier molecular flexibility index (Phi) is 7.00. The van der Waals surface area contributed by atoms with Crippen LogP contribution in [0.3, 0.4) is 0 Å². The molecule has 0 amide bonds. The fourth-order valence-corrected chi connectivity index (χ4v) is 1.76. The summed E-state index contributed by atoms with van der Waals surface area (Å²) in [5.74, 6) is -0.510. The van der Waals surface area contributed by atoms with Gasteiger partial charge in [0, 0.05) is 5.33 Å². The summed E-state index contributed by atoms with van der Waals surface area (Å²) < 4.78 is 5.47. The number of rotatable bonds is 7. The molecule has 2 nitrogen and oxygen atoms in total. The molecule has 0 rings (SSSR count). The lowest BCUT2D eigenvalue weighted by Gasteiger charge is -2.27. The highest BCUT2D eigenvalue weighted by molar-refractivity contribution is 9.09. The summed E-state index contributed by atoms with van der Waals surface area (Å²) in [6, 6.07) is 0. The highest BCUT2D eigenvalue weighted by Gasteiger charge is 2.21. The average molecular weight is 267 g/mol. The van der Waals surface area contributed by atoms with Crippen molar-refractivity contribution in [3.63, 3.8) is 0 Å². The van der Waals surface area contributed by atoms with E-state index in [1.54, 1.807) is 13.8 Å². The fraction of sp³-hybridized carbons (Fsp3) is 1.00. The van der Waals surface area contributed by atoms with Gasteiger partial charge in [0.2, 0.25) is 0 Å². The SMILES string of the molecule is CC(CCCCBr)C(C)OC(C)(C)O. The maximum absolute atomic E-state index is 9.48. The van der Waals surface area contributed by atoms with Crippen LogP contribution in [0.4, 0.5) is 0 Å². The number of aliphatic hydroxyl groups is 1. The van der Waals surface area contributed by atoms with Gasteiger partial charge < -0.3 is 9.84 Å². The van der Waals surface area contributed by atoms with Crippen LogP contribution in [0.15, 0.2) is 0 Å². The molecule has 1 N–H and O–H groups in total. The second kappa shape index (κ2) is 6.81. The molecule has 0 saturated carbocycles. The summed E-state index contributed by atoms with van der Waals surface area (Å²) in [4.78, 5) is 0. The molecule has 0 aliphatic heterocycles. The maximum Gasteiger partial charge on any atom is 0.160 e. The zero-order chi connectivity index (χ0) is 11.2. The zero-order valence-corrected chi connectivity index (χ0v) is 11.3. The third-order valence-electron chi connectivity index (χ3n) is 2.32. The molecule has 0 aromatic carbocycles. The Balaban J connectivity index is 3.70. The van der Waals surface area contributed by atoms with E-state index in [-0.39, 0.29) is 6.10 Å². The van der Waals surface area contributed by atoms with Crippen molar-refractivity contribution in [2.24, 2.45) is 5.92 Å². The predicted molar refractivity (Wildman–Crippen MR) is 63.7 cm³/mol. The third-order valence-corrected chi connectivity index (χ3v) is 2.88. The van der Waals surface area contributed by atoms with E-state index < -0.39 is 5.79 Å². The summed E-state index contributed by atoms with van der Waals surface area (Å²) in [6.07, 6.45) is 3.69. The van der Waals surface area contributed by atoms with Gasteiger partial charge in [-0.25, -0.2) is 0 Å². The lowest BCUT2D eigenvalue weighted by Crippen LogP contribution is -2.32. The molecule has 0 aliphatic rings. The normalized spacial score (nSPS) is 16.7. The van der Waals surface area contributed by atoms with Crippen LogP contribution in [0.25, 0.3) is 0 Å². The van der Waals surface area contributed by atoms with Crippen LogP contribution in [0.5, 0.6) is 0 Å². The quantitative estimate of drug-likeness (QED) is 0.435. The Morgan fingerprint density at radius 1 is 1.29 bits per heavy atom. The van der Waals surface area contributed by atoms with Crippen LogP contribution in [0, 0.1) is 5.92 Å². The molecular weight excluding hydrogens is 244 g/mol. The summed E-state index contributed by atoms with van der Waals surface area (Å²) >= 11 is 3.41. The minimum atomic E-state index is -1.01. The first-order valence-electron chi connectivity index (χ1n) is 5.33. The highest BCUT2D eigenvalue weighted by atomic mass is 79.9. The van der Waals surface area contributed by atoms with Crippen molar-refractivity contribution in [3.8, 4) is 0 Å². The molecule has 0 heterocycles. The van der Waals surface area contributed by atoms with E-state index in [2.05, 4.69) is 22.9 Å². The van der Waals surface area contributed by atoms with Gasteiger partial charge in [-0.05, 0) is 39.5 Å². The number of hydrogen-bond donors (Lipinski definition) is 1. The van der Waals surface area contributed by atoms with Crippen LogP contribution < -0.4 is 0 Å². The first kappa shape index (κ1) is 14.4. The number of halogens is 1. The van der Waals surface area contributed by atoms with E-state index in [1.165, 1.54) is 12.8 Å². The maximum atomic E-state index is 9.48. The second-order valence-corrected chi connectivity index (χ2v) is 5.22. The van der Waals surface area contributed by atoms with E-state index in [4.69, 9.17) is 4.74 Å². The Morgan fingerprint density at radius 2 is 1.86 bits per heavy atom. The minimum Gasteiger partial charge on any atom is -0.366 e. The van der Waals surface area contributed by atoms with Gasteiger partial charge in [0.1, 0.15) is 0 Å². The molecule has 0 aromatic rings. The van der Waals surface area contributed by atoms with E-state index in [0.29, 0.717) is 5.92 Å². The molecule has 0 fully saturated rings. The lowest BCUT2D eigenvalue weighted by atomic mass is 9.99. The van der Waals surface area contributed by atoms with E-state index >= 15 is 0 Å². The van der Waals surface area contributed by atoms with Gasteiger partial charge in [-0.2, -0.15) is 0 Å². The van der Waals surface area contributed by atoms with E-state index in [1.807, 2.05) is 6.92 Å². The van der Waals surface area contributed by atoms with E-state index in [9.17, 15) is 5.11 Å². The Hall–Kier alpha value is 0.400. The smallest absolute Gasteiger partial charge is 0.160 e. The monoisotopic (exact) mass is 266 g/mol. The minimum absolute atomic E-state index is 0.116. The van der Waals surface area contributed by atoms with Crippen LogP contribution >= 0.6 is 15.9 Å². The van der Waals surface area contributed by atoms with Crippen LogP contribution in [0.1, 0.15) is 47.0 Å². The Labute approximate surface area is 96.2 Å². The van der Waals surface area contributed by atoms with Crippen molar-refractivity contribution in [3.05, 3.63) is 0 Å². The van der Waals surface area contributed by atoms with Crippen molar-refractivity contribution < 1.29 is 9.84 Å². The van der Waals surface area contributed by atoms with Crippen LogP contribution in [0.2, 0.25) is 0 Å². The summed E-state index contributed by atoms with van der Waals surface area (Å²) in [6.45, 7) is 7.55. The van der Waals surface area contributed by atoms with Gasteiger partial charge in [-0.1, -0.05) is 29.3 Å². The summed E-state index contributed by atoms with van der Waals surface area (Å²) in [7, 11) is 0. The molecule has 0 aromatic heterocycles. The van der Waals surface area contributed by atoms with Gasteiger partial charge >= 0.3 is 0 Å². The van der Waals surface area contributed by atoms with Crippen molar-refractivity contribution >= 4 is 15.9 Å². The first-order chi connectivity index (χ1) is 6.37. The van der Waals surface area contributed by atoms with Crippen molar-refractivity contribution in [2.75, 3.05) is 5.33 Å². The van der Waals surface area contributed by atoms with Crippen LogP contribution in [-0.2, 0) is 4.74 Å². The third kappa shape index (κ3) is 7.77. The molecule has 0 radical (unpaired) electrons.